The first kappa shape index (κ1) is 16.1. The summed E-state index contributed by atoms with van der Waals surface area (Å²) in [6.07, 6.45) is 2.71. The fourth-order valence-electron chi connectivity index (χ4n) is 2.95. The zero-order valence-electron chi connectivity index (χ0n) is 13.2. The van der Waals surface area contributed by atoms with Crippen molar-refractivity contribution in [3.8, 4) is 6.07 Å². The third kappa shape index (κ3) is 3.77. The van der Waals surface area contributed by atoms with E-state index >= 15 is 0 Å². The molecule has 0 spiro atoms. The van der Waals surface area contributed by atoms with Crippen LogP contribution < -0.4 is 0 Å². The van der Waals surface area contributed by atoms with E-state index in [1.807, 2.05) is 24.3 Å². The van der Waals surface area contributed by atoms with Crippen LogP contribution in [0.3, 0.4) is 0 Å². The van der Waals surface area contributed by atoms with Gasteiger partial charge in [0, 0.05) is 18.7 Å². The number of carbonyl (C=O) groups excluding carboxylic acids is 1. The van der Waals surface area contributed by atoms with Crippen molar-refractivity contribution in [2.45, 2.75) is 25.3 Å². The Kier molecular flexibility index (Phi) is 4.85. The van der Waals surface area contributed by atoms with Gasteiger partial charge in [0.15, 0.2) is 0 Å². The van der Waals surface area contributed by atoms with Gasteiger partial charge in [-0.3, -0.25) is 9.78 Å². The minimum atomic E-state index is -0.277. The number of carbonyl (C=O) groups is 1. The molecule has 0 radical (unpaired) electrons. The second-order valence-electron chi connectivity index (χ2n) is 5.99. The molecule has 1 aliphatic carbocycles. The minimum absolute atomic E-state index is 0.0187. The zero-order valence-corrected chi connectivity index (χ0v) is 13.2. The number of amides is 1. The minimum Gasteiger partial charge on any atom is -0.336 e. The Morgan fingerprint density at radius 3 is 2.92 bits per heavy atom. The average molecular weight is 323 g/mol. The monoisotopic (exact) mass is 323 g/mol. The van der Waals surface area contributed by atoms with Gasteiger partial charge < -0.3 is 4.90 Å². The molecule has 122 valence electrons. The topological polar surface area (TPSA) is 57.0 Å². The Bertz CT molecular complexity index is 757. The standard InChI is InChI=1S/C19H18FN3O/c20-15-6-3-5-14(11-15)17-12-18(17)19(24)23(10-4-8-21)13-16-7-1-2-9-22-16/h1-3,5-7,9,11,17-18H,4,10,12-13H2. The summed E-state index contributed by atoms with van der Waals surface area (Å²) in [6, 6.07) is 14.1. The Balaban J connectivity index is 1.69. The van der Waals surface area contributed by atoms with Crippen LogP contribution in [0.5, 0.6) is 0 Å². The van der Waals surface area contributed by atoms with Gasteiger partial charge in [0.2, 0.25) is 5.91 Å². The zero-order chi connectivity index (χ0) is 16.9. The van der Waals surface area contributed by atoms with Crippen LogP contribution in [0, 0.1) is 23.1 Å². The maximum Gasteiger partial charge on any atom is 0.226 e. The van der Waals surface area contributed by atoms with Gasteiger partial charge >= 0.3 is 0 Å². The van der Waals surface area contributed by atoms with Gasteiger partial charge in [-0.05, 0) is 42.2 Å². The summed E-state index contributed by atoms with van der Waals surface area (Å²) in [5.41, 5.74) is 1.66. The molecule has 3 rings (SSSR count). The fraction of sp³-hybridized carbons (Fsp3) is 0.316. The summed E-state index contributed by atoms with van der Waals surface area (Å²) in [5, 5.41) is 8.83. The van der Waals surface area contributed by atoms with Gasteiger partial charge in [0.1, 0.15) is 5.82 Å². The molecular weight excluding hydrogens is 305 g/mol. The molecular formula is C19H18FN3O. The third-order valence-corrected chi connectivity index (χ3v) is 4.27. The molecule has 0 aliphatic heterocycles. The number of pyridine rings is 1. The molecule has 1 heterocycles. The number of halogens is 1. The molecule has 1 aromatic carbocycles. The maximum atomic E-state index is 13.4. The lowest BCUT2D eigenvalue weighted by atomic mass is 10.1. The second kappa shape index (κ2) is 7.22. The molecule has 0 saturated heterocycles. The second-order valence-corrected chi connectivity index (χ2v) is 5.99. The lowest BCUT2D eigenvalue weighted by Gasteiger charge is -2.21. The van der Waals surface area contributed by atoms with Crippen molar-refractivity contribution in [2.24, 2.45) is 5.92 Å². The normalized spacial score (nSPS) is 18.7. The molecule has 2 aromatic rings. The molecule has 4 nitrogen and oxygen atoms in total. The van der Waals surface area contributed by atoms with Crippen molar-refractivity contribution in [1.29, 1.82) is 5.26 Å². The Hall–Kier alpha value is -2.74. The lowest BCUT2D eigenvalue weighted by molar-refractivity contribution is -0.133. The summed E-state index contributed by atoms with van der Waals surface area (Å²) in [4.78, 5) is 18.7. The number of aromatic nitrogens is 1. The Labute approximate surface area is 140 Å². The largest absolute Gasteiger partial charge is 0.336 e. The molecule has 2 unspecified atom stereocenters. The van der Waals surface area contributed by atoms with Crippen molar-refractivity contribution in [1.82, 2.24) is 9.88 Å². The van der Waals surface area contributed by atoms with E-state index in [4.69, 9.17) is 5.26 Å². The van der Waals surface area contributed by atoms with Crippen molar-refractivity contribution in [3.63, 3.8) is 0 Å². The van der Waals surface area contributed by atoms with E-state index in [0.29, 0.717) is 13.1 Å². The van der Waals surface area contributed by atoms with Crippen LogP contribution in [0.4, 0.5) is 4.39 Å². The van der Waals surface area contributed by atoms with Gasteiger partial charge in [-0.15, -0.1) is 0 Å². The van der Waals surface area contributed by atoms with E-state index in [9.17, 15) is 9.18 Å². The van der Waals surface area contributed by atoms with E-state index in [2.05, 4.69) is 11.1 Å². The molecule has 1 saturated carbocycles. The van der Waals surface area contributed by atoms with Gasteiger partial charge in [0.05, 0.1) is 24.7 Å². The highest BCUT2D eigenvalue weighted by atomic mass is 19.1. The molecule has 1 fully saturated rings. The number of hydrogen-bond acceptors (Lipinski definition) is 3. The lowest BCUT2D eigenvalue weighted by Crippen LogP contribution is -2.33. The first-order valence-corrected chi connectivity index (χ1v) is 8.00. The predicted octanol–water partition coefficient (Wildman–Crippen LogP) is 3.27. The highest BCUT2D eigenvalue weighted by molar-refractivity contribution is 5.83. The molecule has 1 amide bonds. The van der Waals surface area contributed by atoms with E-state index in [-0.39, 0.29) is 30.0 Å². The van der Waals surface area contributed by atoms with Gasteiger partial charge in [-0.25, -0.2) is 4.39 Å². The van der Waals surface area contributed by atoms with Crippen LogP contribution in [-0.2, 0) is 11.3 Å². The van der Waals surface area contributed by atoms with E-state index in [0.717, 1.165) is 17.7 Å². The first-order valence-electron chi connectivity index (χ1n) is 8.00. The van der Waals surface area contributed by atoms with Crippen LogP contribution in [0.25, 0.3) is 0 Å². The summed E-state index contributed by atoms with van der Waals surface area (Å²) < 4.78 is 13.4. The number of benzene rings is 1. The Morgan fingerprint density at radius 2 is 2.21 bits per heavy atom. The number of nitrogens with zero attached hydrogens (tertiary/aromatic N) is 3. The van der Waals surface area contributed by atoms with Gasteiger partial charge in [-0.2, -0.15) is 5.26 Å². The smallest absolute Gasteiger partial charge is 0.226 e. The van der Waals surface area contributed by atoms with Crippen molar-refractivity contribution < 1.29 is 9.18 Å². The van der Waals surface area contributed by atoms with E-state index in [1.165, 1.54) is 12.1 Å². The number of rotatable bonds is 6. The maximum absolute atomic E-state index is 13.4. The van der Waals surface area contributed by atoms with Crippen molar-refractivity contribution in [2.75, 3.05) is 6.54 Å². The van der Waals surface area contributed by atoms with Crippen LogP contribution in [0.15, 0.2) is 48.7 Å². The SMILES string of the molecule is N#CCCN(Cc1ccccn1)C(=O)C1CC1c1cccc(F)c1. The molecule has 0 N–H and O–H groups in total. The highest BCUT2D eigenvalue weighted by Gasteiger charge is 2.45. The van der Waals surface area contributed by atoms with Crippen molar-refractivity contribution >= 4 is 5.91 Å². The Morgan fingerprint density at radius 1 is 1.33 bits per heavy atom. The summed E-state index contributed by atoms with van der Waals surface area (Å²) in [7, 11) is 0. The van der Waals surface area contributed by atoms with Crippen LogP contribution in [-0.4, -0.2) is 22.3 Å². The predicted molar refractivity (Wildman–Crippen MR) is 87.1 cm³/mol. The molecule has 2 atom stereocenters. The summed E-state index contributed by atoms with van der Waals surface area (Å²) >= 11 is 0. The summed E-state index contributed by atoms with van der Waals surface area (Å²) in [5.74, 6) is -0.318. The highest BCUT2D eigenvalue weighted by Crippen LogP contribution is 2.48. The van der Waals surface area contributed by atoms with Crippen molar-refractivity contribution in [3.05, 3.63) is 65.7 Å². The molecule has 5 heteroatoms. The average Bonchev–Trinajstić information content (AvgIpc) is 3.39. The fourth-order valence-corrected chi connectivity index (χ4v) is 2.95. The van der Waals surface area contributed by atoms with Gasteiger partial charge in [0.25, 0.3) is 0 Å². The number of hydrogen-bond donors (Lipinski definition) is 0. The van der Waals surface area contributed by atoms with Crippen LogP contribution >= 0.6 is 0 Å². The molecule has 1 aliphatic rings. The van der Waals surface area contributed by atoms with Gasteiger partial charge in [-0.1, -0.05) is 18.2 Å². The summed E-state index contributed by atoms with van der Waals surface area (Å²) in [6.45, 7) is 0.784. The third-order valence-electron chi connectivity index (χ3n) is 4.27. The molecule has 1 aromatic heterocycles. The van der Waals surface area contributed by atoms with Crippen LogP contribution in [0.1, 0.15) is 30.0 Å². The van der Waals surface area contributed by atoms with E-state index in [1.54, 1.807) is 17.2 Å². The molecule has 0 bridgehead atoms. The quantitative estimate of drug-likeness (QED) is 0.820. The van der Waals surface area contributed by atoms with E-state index < -0.39 is 0 Å². The number of nitriles is 1. The molecule has 24 heavy (non-hydrogen) atoms. The van der Waals surface area contributed by atoms with Crippen LogP contribution in [0.2, 0.25) is 0 Å². The first-order chi connectivity index (χ1) is 11.7.